The molecule has 0 saturated heterocycles. The summed E-state index contributed by atoms with van der Waals surface area (Å²) in [7, 11) is -1.21. The molecule has 0 aromatic carbocycles. The molecule has 0 aliphatic heterocycles. The van der Waals surface area contributed by atoms with Gasteiger partial charge in [-0.3, -0.25) is 0 Å². The maximum atomic E-state index is 8.44. The van der Waals surface area contributed by atoms with Crippen LogP contribution in [0.5, 0.6) is 0 Å². The summed E-state index contributed by atoms with van der Waals surface area (Å²) < 4.78 is 0. The highest BCUT2D eigenvalue weighted by molar-refractivity contribution is 6.41. The molecule has 0 saturated carbocycles. The average molecular weight is 126 g/mol. The summed E-state index contributed by atoms with van der Waals surface area (Å²) in [5, 5.41) is 16.9. The maximum Gasteiger partial charge on any atom is 0.451 e. The number of hydrogen-bond donors (Lipinski definition) is 2. The standard InChI is InChI=1S/C6H11BO2/c1-3-4-6(2)5-7(8)9/h1,6,8-9H,4-5H2,2H3/t6-/m0/s1. The Kier molecular flexibility index (Phi) is 4.20. The first kappa shape index (κ1) is 8.54. The van der Waals surface area contributed by atoms with Crippen LogP contribution < -0.4 is 0 Å². The molecule has 0 aliphatic carbocycles. The minimum atomic E-state index is -1.21. The summed E-state index contributed by atoms with van der Waals surface area (Å²) in [4.78, 5) is 0. The molecular weight excluding hydrogens is 115 g/mol. The maximum absolute atomic E-state index is 8.44. The second-order valence-corrected chi connectivity index (χ2v) is 2.23. The summed E-state index contributed by atoms with van der Waals surface area (Å²) >= 11 is 0. The van der Waals surface area contributed by atoms with Crippen LogP contribution in [-0.4, -0.2) is 17.2 Å². The molecule has 0 aromatic heterocycles. The van der Waals surface area contributed by atoms with Gasteiger partial charge in [-0.25, -0.2) is 0 Å². The zero-order chi connectivity index (χ0) is 7.28. The van der Waals surface area contributed by atoms with Crippen LogP contribution in [0.25, 0.3) is 0 Å². The quantitative estimate of drug-likeness (QED) is 0.416. The van der Waals surface area contributed by atoms with Crippen LogP contribution >= 0.6 is 0 Å². The molecule has 9 heavy (non-hydrogen) atoms. The highest BCUT2D eigenvalue weighted by Crippen LogP contribution is 2.07. The van der Waals surface area contributed by atoms with Crippen molar-refractivity contribution in [1.82, 2.24) is 0 Å². The topological polar surface area (TPSA) is 40.5 Å². The summed E-state index contributed by atoms with van der Waals surface area (Å²) in [6, 6.07) is 0. The third kappa shape index (κ3) is 5.42. The summed E-state index contributed by atoms with van der Waals surface area (Å²) in [5.41, 5.74) is 0. The largest absolute Gasteiger partial charge is 0.451 e. The van der Waals surface area contributed by atoms with E-state index in [4.69, 9.17) is 16.5 Å². The Bertz CT molecular complexity index is 106. The van der Waals surface area contributed by atoms with Crippen molar-refractivity contribution in [3.63, 3.8) is 0 Å². The summed E-state index contributed by atoms with van der Waals surface area (Å²) in [6.07, 6.45) is 5.97. The Morgan fingerprint density at radius 3 is 2.56 bits per heavy atom. The second kappa shape index (κ2) is 4.43. The SMILES string of the molecule is C#CC[C@H](C)CB(O)O. The highest BCUT2D eigenvalue weighted by atomic mass is 16.4. The Balaban J connectivity index is 3.29. The van der Waals surface area contributed by atoms with Crippen molar-refractivity contribution in [2.45, 2.75) is 19.7 Å². The molecule has 0 aromatic rings. The van der Waals surface area contributed by atoms with Crippen molar-refractivity contribution < 1.29 is 10.0 Å². The van der Waals surface area contributed by atoms with Crippen LogP contribution in [0.4, 0.5) is 0 Å². The molecule has 0 unspecified atom stereocenters. The third-order valence-electron chi connectivity index (χ3n) is 1.08. The lowest BCUT2D eigenvalue weighted by Gasteiger charge is -2.04. The van der Waals surface area contributed by atoms with Gasteiger partial charge in [0.2, 0.25) is 0 Å². The molecule has 3 heteroatoms. The van der Waals surface area contributed by atoms with E-state index < -0.39 is 7.12 Å². The van der Waals surface area contributed by atoms with Crippen molar-refractivity contribution in [2.75, 3.05) is 0 Å². The highest BCUT2D eigenvalue weighted by Gasteiger charge is 2.11. The minimum absolute atomic E-state index is 0.204. The van der Waals surface area contributed by atoms with Gasteiger partial charge in [0.05, 0.1) is 0 Å². The van der Waals surface area contributed by atoms with Gasteiger partial charge in [-0.2, -0.15) is 0 Å². The van der Waals surface area contributed by atoms with Gasteiger partial charge in [0.1, 0.15) is 0 Å². The Morgan fingerprint density at radius 1 is 1.67 bits per heavy atom. The van der Waals surface area contributed by atoms with E-state index in [0.717, 1.165) is 0 Å². The zero-order valence-corrected chi connectivity index (χ0v) is 5.54. The van der Waals surface area contributed by atoms with Gasteiger partial charge in [-0.05, 0) is 12.2 Å². The molecule has 2 nitrogen and oxygen atoms in total. The molecule has 0 fully saturated rings. The van der Waals surface area contributed by atoms with Gasteiger partial charge in [0.15, 0.2) is 0 Å². The van der Waals surface area contributed by atoms with E-state index in [9.17, 15) is 0 Å². The fourth-order valence-corrected chi connectivity index (χ4v) is 0.644. The van der Waals surface area contributed by atoms with Gasteiger partial charge in [0, 0.05) is 6.42 Å². The Labute approximate surface area is 56.0 Å². The molecule has 0 radical (unpaired) electrons. The minimum Gasteiger partial charge on any atom is -0.427 e. The van der Waals surface area contributed by atoms with Crippen molar-refractivity contribution in [3.8, 4) is 12.3 Å². The molecule has 0 heterocycles. The van der Waals surface area contributed by atoms with E-state index in [-0.39, 0.29) is 5.92 Å². The first-order chi connectivity index (χ1) is 4.16. The fraction of sp³-hybridized carbons (Fsp3) is 0.667. The normalized spacial score (nSPS) is 12.2. The molecule has 0 bridgehead atoms. The van der Waals surface area contributed by atoms with Crippen molar-refractivity contribution in [1.29, 1.82) is 0 Å². The van der Waals surface area contributed by atoms with Crippen LogP contribution in [0, 0.1) is 18.3 Å². The smallest absolute Gasteiger partial charge is 0.427 e. The molecule has 0 spiro atoms. The Hall–Kier alpha value is -0.455. The molecule has 2 N–H and O–H groups in total. The lowest BCUT2D eigenvalue weighted by molar-refractivity contribution is 0.391. The van der Waals surface area contributed by atoms with E-state index >= 15 is 0 Å². The zero-order valence-electron chi connectivity index (χ0n) is 5.54. The summed E-state index contributed by atoms with van der Waals surface area (Å²) in [5.74, 6) is 2.65. The molecule has 0 aliphatic rings. The van der Waals surface area contributed by atoms with E-state index in [1.54, 1.807) is 0 Å². The predicted molar refractivity (Wildman–Crippen MR) is 37.6 cm³/mol. The van der Waals surface area contributed by atoms with E-state index in [1.165, 1.54) is 0 Å². The lowest BCUT2D eigenvalue weighted by Crippen LogP contribution is -2.14. The van der Waals surface area contributed by atoms with Crippen molar-refractivity contribution in [3.05, 3.63) is 0 Å². The average Bonchev–Trinajstić information content (AvgIpc) is 1.63. The van der Waals surface area contributed by atoms with Gasteiger partial charge < -0.3 is 10.0 Å². The monoisotopic (exact) mass is 126 g/mol. The van der Waals surface area contributed by atoms with Crippen LogP contribution in [0.15, 0.2) is 0 Å². The van der Waals surface area contributed by atoms with Crippen LogP contribution in [0.3, 0.4) is 0 Å². The fourth-order valence-electron chi connectivity index (χ4n) is 0.644. The lowest BCUT2D eigenvalue weighted by atomic mass is 9.78. The number of rotatable bonds is 3. The van der Waals surface area contributed by atoms with Gasteiger partial charge in [-0.15, -0.1) is 12.3 Å². The van der Waals surface area contributed by atoms with Crippen LogP contribution in [0.2, 0.25) is 6.32 Å². The third-order valence-corrected chi connectivity index (χ3v) is 1.08. The second-order valence-electron chi connectivity index (χ2n) is 2.23. The molecule has 1 atom stereocenters. The van der Waals surface area contributed by atoms with E-state index in [1.807, 2.05) is 6.92 Å². The van der Waals surface area contributed by atoms with Gasteiger partial charge in [-0.1, -0.05) is 6.92 Å². The number of hydrogen-bond acceptors (Lipinski definition) is 2. The van der Waals surface area contributed by atoms with E-state index in [0.29, 0.717) is 12.7 Å². The van der Waals surface area contributed by atoms with Crippen molar-refractivity contribution >= 4 is 7.12 Å². The molecule has 0 rings (SSSR count). The first-order valence-corrected chi connectivity index (χ1v) is 2.96. The summed E-state index contributed by atoms with van der Waals surface area (Å²) in [6.45, 7) is 1.89. The molecule has 50 valence electrons. The number of terminal acetylenes is 1. The molecular formula is C6H11BO2. The Morgan fingerprint density at radius 2 is 2.22 bits per heavy atom. The molecule has 0 amide bonds. The first-order valence-electron chi connectivity index (χ1n) is 2.96. The van der Waals surface area contributed by atoms with Gasteiger partial charge >= 0.3 is 7.12 Å². The predicted octanol–water partition coefficient (Wildman–Crippen LogP) is 0.119. The van der Waals surface area contributed by atoms with Crippen LogP contribution in [-0.2, 0) is 0 Å². The van der Waals surface area contributed by atoms with E-state index in [2.05, 4.69) is 5.92 Å². The van der Waals surface area contributed by atoms with Crippen molar-refractivity contribution in [2.24, 2.45) is 5.92 Å². The van der Waals surface area contributed by atoms with Gasteiger partial charge in [0.25, 0.3) is 0 Å². The van der Waals surface area contributed by atoms with Crippen LogP contribution in [0.1, 0.15) is 13.3 Å².